The van der Waals surface area contributed by atoms with E-state index in [0.29, 0.717) is 11.3 Å². The average Bonchev–Trinajstić information content (AvgIpc) is 2.51. The lowest BCUT2D eigenvalue weighted by Crippen LogP contribution is -2.02. The van der Waals surface area contributed by atoms with Crippen LogP contribution in [0.3, 0.4) is 0 Å². The minimum atomic E-state index is -0.436. The van der Waals surface area contributed by atoms with Crippen LogP contribution in [0.1, 0.15) is 18.1 Å². The summed E-state index contributed by atoms with van der Waals surface area (Å²) in [5.41, 5.74) is 2.29. The molecule has 0 atom stereocenters. The first-order chi connectivity index (χ1) is 10.5. The lowest BCUT2D eigenvalue weighted by atomic mass is 10.1. The number of ether oxygens (including phenoxy) is 3. The van der Waals surface area contributed by atoms with Crippen LogP contribution in [0.15, 0.2) is 35.9 Å². The van der Waals surface area contributed by atoms with Crippen LogP contribution < -0.4 is 4.74 Å². The molecule has 0 fully saturated rings. The standard InChI is InChI=1S/C17H20O5/c1-12-7-8-15(22-9-5-6-16(18)20-3)14(10-12)11-13(2)17(19)21-4/h5-8,10-11H,9H2,1-4H3/b6-5+,13-11+. The third-order valence-electron chi connectivity index (χ3n) is 2.83. The van der Waals surface area contributed by atoms with Gasteiger partial charge in [0.15, 0.2) is 0 Å². The van der Waals surface area contributed by atoms with E-state index in [1.807, 2.05) is 25.1 Å². The van der Waals surface area contributed by atoms with Gasteiger partial charge in [-0.05, 0) is 38.1 Å². The van der Waals surface area contributed by atoms with Gasteiger partial charge in [-0.25, -0.2) is 9.59 Å². The Labute approximate surface area is 130 Å². The van der Waals surface area contributed by atoms with Gasteiger partial charge in [0.2, 0.25) is 0 Å². The molecule has 0 aliphatic heterocycles. The maximum absolute atomic E-state index is 11.5. The second-order valence-electron chi connectivity index (χ2n) is 4.60. The van der Waals surface area contributed by atoms with E-state index in [4.69, 9.17) is 4.74 Å². The second kappa shape index (κ2) is 8.67. The molecule has 0 aliphatic rings. The Balaban J connectivity index is 2.89. The van der Waals surface area contributed by atoms with E-state index in [9.17, 15) is 9.59 Å². The minimum Gasteiger partial charge on any atom is -0.489 e. The summed E-state index contributed by atoms with van der Waals surface area (Å²) in [5.74, 6) is -0.212. The summed E-state index contributed by atoms with van der Waals surface area (Å²) in [6.45, 7) is 3.84. The molecule has 0 heterocycles. The van der Waals surface area contributed by atoms with Crippen LogP contribution in [0.25, 0.3) is 6.08 Å². The van der Waals surface area contributed by atoms with Gasteiger partial charge < -0.3 is 14.2 Å². The number of carbonyl (C=O) groups excluding carboxylic acids is 2. The van der Waals surface area contributed by atoms with Crippen LogP contribution >= 0.6 is 0 Å². The van der Waals surface area contributed by atoms with Gasteiger partial charge in [0.25, 0.3) is 0 Å². The van der Waals surface area contributed by atoms with E-state index < -0.39 is 11.9 Å². The molecule has 118 valence electrons. The van der Waals surface area contributed by atoms with Gasteiger partial charge in [-0.15, -0.1) is 0 Å². The summed E-state index contributed by atoms with van der Waals surface area (Å²) >= 11 is 0. The predicted octanol–water partition coefficient (Wildman–Crippen LogP) is 2.68. The molecular formula is C17H20O5. The van der Waals surface area contributed by atoms with Crippen molar-refractivity contribution in [3.63, 3.8) is 0 Å². The smallest absolute Gasteiger partial charge is 0.333 e. The van der Waals surface area contributed by atoms with Crippen LogP contribution in [-0.2, 0) is 19.1 Å². The number of aryl methyl sites for hydroxylation is 1. The highest BCUT2D eigenvalue weighted by Crippen LogP contribution is 2.23. The second-order valence-corrected chi connectivity index (χ2v) is 4.60. The van der Waals surface area contributed by atoms with Crippen molar-refractivity contribution in [2.75, 3.05) is 20.8 Å². The average molecular weight is 304 g/mol. The summed E-state index contributed by atoms with van der Waals surface area (Å²) < 4.78 is 14.8. The molecule has 1 rings (SSSR count). The highest BCUT2D eigenvalue weighted by Gasteiger charge is 2.07. The van der Waals surface area contributed by atoms with Crippen molar-refractivity contribution in [1.29, 1.82) is 0 Å². The molecule has 1 aromatic carbocycles. The van der Waals surface area contributed by atoms with Gasteiger partial charge >= 0.3 is 11.9 Å². The third kappa shape index (κ3) is 5.44. The molecular weight excluding hydrogens is 284 g/mol. The molecule has 0 saturated heterocycles. The van der Waals surface area contributed by atoms with Gasteiger partial charge in [0.05, 0.1) is 14.2 Å². The zero-order chi connectivity index (χ0) is 16.5. The Kier molecular flexibility index (Phi) is 6.89. The summed E-state index contributed by atoms with van der Waals surface area (Å²) in [4.78, 5) is 22.4. The summed E-state index contributed by atoms with van der Waals surface area (Å²) in [5, 5.41) is 0. The van der Waals surface area contributed by atoms with E-state index in [1.54, 1.807) is 19.1 Å². The maximum atomic E-state index is 11.5. The van der Waals surface area contributed by atoms with Crippen LogP contribution in [0.2, 0.25) is 0 Å². The molecule has 22 heavy (non-hydrogen) atoms. The Bertz CT molecular complexity index is 599. The van der Waals surface area contributed by atoms with Crippen LogP contribution in [0, 0.1) is 6.92 Å². The molecule has 0 amide bonds. The van der Waals surface area contributed by atoms with Gasteiger partial charge in [-0.1, -0.05) is 11.6 Å². The van der Waals surface area contributed by atoms with Gasteiger partial charge in [0, 0.05) is 17.2 Å². The zero-order valence-corrected chi connectivity index (χ0v) is 13.2. The quantitative estimate of drug-likeness (QED) is 0.597. The van der Waals surface area contributed by atoms with Crippen molar-refractivity contribution in [2.24, 2.45) is 0 Å². The van der Waals surface area contributed by atoms with E-state index in [1.165, 1.54) is 20.3 Å². The first-order valence-corrected chi connectivity index (χ1v) is 6.72. The molecule has 5 heteroatoms. The van der Waals surface area contributed by atoms with E-state index in [0.717, 1.165) is 11.1 Å². The highest BCUT2D eigenvalue weighted by molar-refractivity contribution is 5.93. The highest BCUT2D eigenvalue weighted by atomic mass is 16.5. The molecule has 0 unspecified atom stereocenters. The van der Waals surface area contributed by atoms with Crippen molar-refractivity contribution in [1.82, 2.24) is 0 Å². The molecule has 0 radical (unpaired) electrons. The first kappa shape index (κ1) is 17.5. The Morgan fingerprint density at radius 2 is 1.91 bits per heavy atom. The molecule has 0 aromatic heterocycles. The van der Waals surface area contributed by atoms with E-state index >= 15 is 0 Å². The number of rotatable bonds is 6. The SMILES string of the molecule is COC(=O)/C=C/COc1ccc(C)cc1/C=C(\C)C(=O)OC. The molecule has 0 aliphatic carbocycles. The predicted molar refractivity (Wildman–Crippen MR) is 83.5 cm³/mol. The fourth-order valence-electron chi connectivity index (χ4n) is 1.72. The number of methoxy groups -OCH3 is 2. The number of benzene rings is 1. The summed E-state index contributed by atoms with van der Waals surface area (Å²) in [6, 6.07) is 5.63. The Hall–Kier alpha value is -2.56. The Morgan fingerprint density at radius 1 is 1.18 bits per heavy atom. The van der Waals surface area contributed by atoms with Crippen molar-refractivity contribution >= 4 is 18.0 Å². The molecule has 0 N–H and O–H groups in total. The topological polar surface area (TPSA) is 61.8 Å². The maximum Gasteiger partial charge on any atom is 0.333 e. The molecule has 1 aromatic rings. The molecule has 0 saturated carbocycles. The van der Waals surface area contributed by atoms with Crippen LogP contribution in [0.4, 0.5) is 0 Å². The van der Waals surface area contributed by atoms with E-state index in [2.05, 4.69) is 9.47 Å². The van der Waals surface area contributed by atoms with Gasteiger partial charge in [-0.2, -0.15) is 0 Å². The lowest BCUT2D eigenvalue weighted by molar-refractivity contribution is -0.136. The number of hydrogen-bond acceptors (Lipinski definition) is 5. The number of carbonyl (C=O) groups is 2. The van der Waals surface area contributed by atoms with Crippen LogP contribution in [-0.4, -0.2) is 32.8 Å². The van der Waals surface area contributed by atoms with Crippen molar-refractivity contribution < 1.29 is 23.8 Å². The molecule has 0 bridgehead atoms. The van der Waals surface area contributed by atoms with Gasteiger partial charge in [0.1, 0.15) is 12.4 Å². The number of hydrogen-bond donors (Lipinski definition) is 0. The summed E-state index contributed by atoms with van der Waals surface area (Å²) in [6.07, 6.45) is 4.56. The Morgan fingerprint density at radius 3 is 2.55 bits per heavy atom. The van der Waals surface area contributed by atoms with Crippen molar-refractivity contribution in [2.45, 2.75) is 13.8 Å². The normalized spacial score (nSPS) is 11.4. The largest absolute Gasteiger partial charge is 0.489 e. The van der Waals surface area contributed by atoms with E-state index in [-0.39, 0.29) is 6.61 Å². The van der Waals surface area contributed by atoms with Gasteiger partial charge in [-0.3, -0.25) is 0 Å². The minimum absolute atomic E-state index is 0.219. The summed E-state index contributed by atoms with van der Waals surface area (Å²) in [7, 11) is 2.65. The monoisotopic (exact) mass is 304 g/mol. The van der Waals surface area contributed by atoms with Crippen LogP contribution in [0.5, 0.6) is 5.75 Å². The third-order valence-corrected chi connectivity index (χ3v) is 2.83. The zero-order valence-electron chi connectivity index (χ0n) is 13.2. The van der Waals surface area contributed by atoms with Crippen molar-refractivity contribution in [3.8, 4) is 5.75 Å². The fourth-order valence-corrected chi connectivity index (χ4v) is 1.72. The fraction of sp³-hybridized carbons (Fsp3) is 0.294. The molecule has 0 spiro atoms. The first-order valence-electron chi connectivity index (χ1n) is 6.72. The number of esters is 2. The lowest BCUT2D eigenvalue weighted by Gasteiger charge is -2.09. The molecule has 5 nitrogen and oxygen atoms in total. The van der Waals surface area contributed by atoms with Crippen molar-refractivity contribution in [3.05, 3.63) is 47.1 Å².